The molecule has 2 aromatic carbocycles. The number of aryl methyl sites for hydroxylation is 1. The molecule has 116 valence electrons. The van der Waals surface area contributed by atoms with E-state index in [9.17, 15) is 5.11 Å². The van der Waals surface area contributed by atoms with E-state index in [0.717, 1.165) is 16.9 Å². The molecule has 1 aliphatic carbocycles. The SMILES string of the molecule is Cc1ccccc1O[C@@H]1c2ccccc2C[C@]1(O)CN(C)C. The molecule has 0 bridgehead atoms. The molecule has 3 nitrogen and oxygen atoms in total. The van der Waals surface area contributed by atoms with Gasteiger partial charge in [0.1, 0.15) is 11.4 Å². The van der Waals surface area contributed by atoms with Gasteiger partial charge in [0.05, 0.1) is 0 Å². The molecule has 1 N–H and O–H groups in total. The molecule has 2 aromatic rings. The van der Waals surface area contributed by atoms with Crippen molar-refractivity contribution < 1.29 is 9.84 Å². The maximum Gasteiger partial charge on any atom is 0.154 e. The summed E-state index contributed by atoms with van der Waals surface area (Å²) in [5.74, 6) is 0.835. The molecule has 2 atom stereocenters. The standard InChI is InChI=1S/C19H23NO2/c1-14-8-4-7-11-17(14)22-18-16-10-6-5-9-15(16)12-19(18,21)13-20(2)3/h4-11,18,21H,12-13H2,1-3H3/t18-,19+/m1/s1. The van der Waals surface area contributed by atoms with Crippen LogP contribution in [-0.2, 0) is 6.42 Å². The number of hydrogen-bond acceptors (Lipinski definition) is 3. The number of para-hydroxylation sites is 1. The lowest BCUT2D eigenvalue weighted by molar-refractivity contribution is -0.0652. The van der Waals surface area contributed by atoms with Crippen LogP contribution in [0.3, 0.4) is 0 Å². The maximum absolute atomic E-state index is 11.2. The summed E-state index contributed by atoms with van der Waals surface area (Å²) in [7, 11) is 3.96. The van der Waals surface area contributed by atoms with Gasteiger partial charge in [-0.25, -0.2) is 0 Å². The van der Waals surface area contributed by atoms with Crippen LogP contribution in [0.25, 0.3) is 0 Å². The van der Waals surface area contributed by atoms with E-state index in [-0.39, 0.29) is 6.10 Å². The lowest BCUT2D eigenvalue weighted by atomic mass is 9.96. The van der Waals surface area contributed by atoms with Crippen LogP contribution in [0.2, 0.25) is 0 Å². The quantitative estimate of drug-likeness (QED) is 0.942. The van der Waals surface area contributed by atoms with Crippen molar-refractivity contribution in [2.24, 2.45) is 0 Å². The number of hydrogen-bond donors (Lipinski definition) is 1. The predicted octanol–water partition coefficient (Wildman–Crippen LogP) is 2.96. The molecule has 3 heteroatoms. The van der Waals surface area contributed by atoms with Gasteiger partial charge in [0.2, 0.25) is 0 Å². The van der Waals surface area contributed by atoms with Crippen molar-refractivity contribution in [1.29, 1.82) is 0 Å². The zero-order chi connectivity index (χ0) is 15.7. The predicted molar refractivity (Wildman–Crippen MR) is 88.2 cm³/mol. The second-order valence-corrected chi connectivity index (χ2v) is 6.48. The molecule has 0 saturated carbocycles. The van der Waals surface area contributed by atoms with Crippen molar-refractivity contribution in [2.75, 3.05) is 20.6 Å². The Labute approximate surface area is 132 Å². The smallest absolute Gasteiger partial charge is 0.154 e. The van der Waals surface area contributed by atoms with Crippen LogP contribution in [0, 0.1) is 6.92 Å². The van der Waals surface area contributed by atoms with E-state index >= 15 is 0 Å². The van der Waals surface area contributed by atoms with Crippen LogP contribution in [0.4, 0.5) is 0 Å². The van der Waals surface area contributed by atoms with Crippen LogP contribution >= 0.6 is 0 Å². The van der Waals surface area contributed by atoms with E-state index in [4.69, 9.17) is 4.74 Å². The molecule has 0 unspecified atom stereocenters. The third-order valence-corrected chi connectivity index (χ3v) is 4.25. The normalized spacial score (nSPS) is 23.6. The fourth-order valence-corrected chi connectivity index (χ4v) is 3.34. The first kappa shape index (κ1) is 15.1. The molecule has 0 saturated heterocycles. The van der Waals surface area contributed by atoms with Gasteiger partial charge in [-0.15, -0.1) is 0 Å². The zero-order valence-electron chi connectivity index (χ0n) is 13.4. The summed E-state index contributed by atoms with van der Waals surface area (Å²) in [6.45, 7) is 2.60. The fourth-order valence-electron chi connectivity index (χ4n) is 3.34. The molecule has 0 fully saturated rings. The summed E-state index contributed by atoms with van der Waals surface area (Å²) >= 11 is 0. The molecule has 3 rings (SSSR count). The molecule has 0 heterocycles. The topological polar surface area (TPSA) is 32.7 Å². The van der Waals surface area contributed by atoms with Gasteiger partial charge in [-0.2, -0.15) is 0 Å². The Morgan fingerprint density at radius 3 is 2.55 bits per heavy atom. The monoisotopic (exact) mass is 297 g/mol. The minimum Gasteiger partial charge on any atom is -0.482 e. The zero-order valence-corrected chi connectivity index (χ0v) is 13.4. The number of fused-ring (bicyclic) bond motifs is 1. The lowest BCUT2D eigenvalue weighted by Gasteiger charge is -2.33. The van der Waals surface area contributed by atoms with Crippen molar-refractivity contribution in [3.8, 4) is 5.75 Å². The molecule has 22 heavy (non-hydrogen) atoms. The number of ether oxygens (including phenoxy) is 1. The highest BCUT2D eigenvalue weighted by atomic mass is 16.5. The van der Waals surface area contributed by atoms with E-state index in [2.05, 4.69) is 12.1 Å². The second-order valence-electron chi connectivity index (χ2n) is 6.48. The molecule has 0 aromatic heterocycles. The van der Waals surface area contributed by atoms with Gasteiger partial charge >= 0.3 is 0 Å². The Bertz CT molecular complexity index is 668. The van der Waals surface area contributed by atoms with Crippen LogP contribution < -0.4 is 4.74 Å². The number of aliphatic hydroxyl groups is 1. The highest BCUT2D eigenvalue weighted by Crippen LogP contribution is 2.43. The Balaban J connectivity index is 1.98. The average molecular weight is 297 g/mol. The maximum atomic E-state index is 11.2. The van der Waals surface area contributed by atoms with Crippen molar-refractivity contribution in [1.82, 2.24) is 4.90 Å². The van der Waals surface area contributed by atoms with Crippen molar-refractivity contribution in [3.05, 3.63) is 65.2 Å². The Morgan fingerprint density at radius 2 is 1.82 bits per heavy atom. The first-order valence-electron chi connectivity index (χ1n) is 7.67. The molecular weight excluding hydrogens is 274 g/mol. The summed E-state index contributed by atoms with van der Waals surface area (Å²) in [6, 6.07) is 16.1. The van der Waals surface area contributed by atoms with Crippen molar-refractivity contribution >= 4 is 0 Å². The first-order valence-corrected chi connectivity index (χ1v) is 7.67. The van der Waals surface area contributed by atoms with Gasteiger partial charge in [0, 0.05) is 13.0 Å². The summed E-state index contributed by atoms with van der Waals surface area (Å²) in [6.07, 6.45) is 0.282. The third kappa shape index (κ3) is 2.74. The fraction of sp³-hybridized carbons (Fsp3) is 0.368. The van der Waals surface area contributed by atoms with Gasteiger partial charge in [-0.1, -0.05) is 42.5 Å². The number of nitrogens with zero attached hydrogens (tertiary/aromatic N) is 1. The van der Waals surface area contributed by atoms with Gasteiger partial charge in [-0.05, 0) is 43.8 Å². The van der Waals surface area contributed by atoms with Crippen molar-refractivity contribution in [3.63, 3.8) is 0 Å². The van der Waals surface area contributed by atoms with Crippen molar-refractivity contribution in [2.45, 2.75) is 25.0 Å². The minimum atomic E-state index is -0.907. The Kier molecular flexibility index (Phi) is 3.94. The van der Waals surface area contributed by atoms with Gasteiger partial charge in [-0.3, -0.25) is 0 Å². The minimum absolute atomic E-state index is 0.341. The summed E-state index contributed by atoms with van der Waals surface area (Å²) in [5.41, 5.74) is 2.44. The van der Waals surface area contributed by atoms with E-state index in [1.165, 1.54) is 5.56 Å². The molecular formula is C19H23NO2. The molecule has 0 aliphatic heterocycles. The van der Waals surface area contributed by atoms with Gasteiger partial charge < -0.3 is 14.7 Å². The molecule has 0 spiro atoms. The van der Waals surface area contributed by atoms with Gasteiger partial charge in [0.15, 0.2) is 6.10 Å². The molecule has 0 radical (unpaired) electrons. The molecule has 0 amide bonds. The van der Waals surface area contributed by atoms with E-state index < -0.39 is 5.60 Å². The summed E-state index contributed by atoms with van der Waals surface area (Å²) < 4.78 is 6.27. The lowest BCUT2D eigenvalue weighted by Crippen LogP contribution is -2.45. The van der Waals surface area contributed by atoms with Crippen LogP contribution in [0.5, 0.6) is 5.75 Å². The number of rotatable bonds is 4. The van der Waals surface area contributed by atoms with Gasteiger partial charge in [0.25, 0.3) is 0 Å². The number of benzene rings is 2. The third-order valence-electron chi connectivity index (χ3n) is 4.25. The van der Waals surface area contributed by atoms with Crippen LogP contribution in [-0.4, -0.2) is 36.2 Å². The van der Waals surface area contributed by atoms with Crippen LogP contribution in [0.1, 0.15) is 22.8 Å². The highest BCUT2D eigenvalue weighted by molar-refractivity contribution is 5.41. The first-order chi connectivity index (χ1) is 10.5. The average Bonchev–Trinajstić information content (AvgIpc) is 2.72. The Morgan fingerprint density at radius 1 is 1.14 bits per heavy atom. The number of likely N-dealkylation sites (N-methyl/N-ethyl adjacent to an activating group) is 1. The summed E-state index contributed by atoms with van der Waals surface area (Å²) in [4.78, 5) is 2.01. The van der Waals surface area contributed by atoms with E-state index in [0.29, 0.717) is 13.0 Å². The summed E-state index contributed by atoms with van der Waals surface area (Å²) in [5, 5.41) is 11.2. The van der Waals surface area contributed by atoms with Crippen LogP contribution in [0.15, 0.2) is 48.5 Å². The van der Waals surface area contributed by atoms with E-state index in [1.807, 2.05) is 62.3 Å². The molecule has 1 aliphatic rings. The van der Waals surface area contributed by atoms with E-state index in [1.54, 1.807) is 0 Å². The largest absolute Gasteiger partial charge is 0.482 e. The highest BCUT2D eigenvalue weighted by Gasteiger charge is 2.46. The Hall–Kier alpha value is -1.84. The second kappa shape index (κ2) is 5.75.